The molecule has 4 heteroatoms. The molecule has 14 heavy (non-hydrogen) atoms. The van der Waals surface area contributed by atoms with Crippen molar-refractivity contribution >= 4 is 27.5 Å². The molecule has 2 rings (SSSR count). The maximum Gasteiger partial charge on any atom is 0.143 e. The number of hydrogen-bond acceptors (Lipinski definition) is 1. The van der Waals surface area contributed by atoms with E-state index in [0.29, 0.717) is 0 Å². The van der Waals surface area contributed by atoms with E-state index in [1.54, 1.807) is 0 Å². The highest BCUT2D eigenvalue weighted by molar-refractivity contribution is 9.10. The van der Waals surface area contributed by atoms with E-state index in [1.165, 1.54) is 6.07 Å². The molecular formula is C10H10BrClFN. The van der Waals surface area contributed by atoms with Crippen LogP contribution in [-0.2, 0) is 0 Å². The topological polar surface area (TPSA) is 12.0 Å². The molecule has 0 saturated carbocycles. The van der Waals surface area contributed by atoms with Gasteiger partial charge in [-0.3, -0.25) is 0 Å². The molecule has 0 aromatic heterocycles. The van der Waals surface area contributed by atoms with Crippen molar-refractivity contribution in [3.05, 3.63) is 33.0 Å². The molecule has 1 heterocycles. The van der Waals surface area contributed by atoms with E-state index in [0.717, 1.165) is 29.4 Å². The van der Waals surface area contributed by atoms with Gasteiger partial charge in [-0.1, -0.05) is 27.5 Å². The van der Waals surface area contributed by atoms with Crippen molar-refractivity contribution in [2.75, 3.05) is 6.54 Å². The molecule has 1 aliphatic heterocycles. The lowest BCUT2D eigenvalue weighted by atomic mass is 10.1. The minimum atomic E-state index is -0.357. The van der Waals surface area contributed by atoms with Crippen LogP contribution in [0.15, 0.2) is 16.6 Å². The van der Waals surface area contributed by atoms with E-state index in [-0.39, 0.29) is 16.9 Å². The van der Waals surface area contributed by atoms with E-state index in [2.05, 4.69) is 21.2 Å². The molecule has 0 bridgehead atoms. The fourth-order valence-corrected chi connectivity index (χ4v) is 2.47. The predicted molar refractivity (Wildman–Crippen MR) is 59.1 cm³/mol. The summed E-state index contributed by atoms with van der Waals surface area (Å²) < 4.78 is 14.0. The second kappa shape index (κ2) is 4.17. The number of halogens is 3. The number of benzene rings is 1. The minimum Gasteiger partial charge on any atom is -0.310 e. The molecule has 0 aliphatic carbocycles. The predicted octanol–water partition coefficient (Wildman–Crippen LogP) is 3.67. The van der Waals surface area contributed by atoms with Crippen molar-refractivity contribution in [2.45, 2.75) is 18.9 Å². The molecule has 0 radical (unpaired) electrons. The lowest BCUT2D eigenvalue weighted by molar-refractivity contribution is 0.606. The van der Waals surface area contributed by atoms with Gasteiger partial charge in [0.05, 0.1) is 5.02 Å². The Labute approximate surface area is 95.8 Å². The Morgan fingerprint density at radius 2 is 2.29 bits per heavy atom. The molecule has 1 atom stereocenters. The first-order chi connectivity index (χ1) is 6.68. The molecule has 0 spiro atoms. The van der Waals surface area contributed by atoms with Crippen LogP contribution in [0.4, 0.5) is 4.39 Å². The summed E-state index contributed by atoms with van der Waals surface area (Å²) in [5.74, 6) is -0.357. The van der Waals surface area contributed by atoms with Gasteiger partial charge in [-0.2, -0.15) is 0 Å². The summed E-state index contributed by atoms with van der Waals surface area (Å²) in [4.78, 5) is 0. The Balaban J connectivity index is 2.40. The lowest BCUT2D eigenvalue weighted by Gasteiger charge is -2.13. The van der Waals surface area contributed by atoms with Crippen LogP contribution in [0.5, 0.6) is 0 Å². The number of rotatable bonds is 1. The molecule has 1 saturated heterocycles. The Kier molecular flexibility index (Phi) is 3.10. The van der Waals surface area contributed by atoms with Crippen LogP contribution < -0.4 is 5.32 Å². The molecule has 1 N–H and O–H groups in total. The van der Waals surface area contributed by atoms with Gasteiger partial charge in [-0.15, -0.1) is 0 Å². The zero-order valence-electron chi connectivity index (χ0n) is 7.49. The van der Waals surface area contributed by atoms with Crippen molar-refractivity contribution in [3.63, 3.8) is 0 Å². The normalized spacial score (nSPS) is 21.5. The van der Waals surface area contributed by atoms with E-state index in [1.807, 2.05) is 6.07 Å². The largest absolute Gasteiger partial charge is 0.310 e. The Bertz CT molecular complexity index is 350. The maximum absolute atomic E-state index is 13.3. The summed E-state index contributed by atoms with van der Waals surface area (Å²) in [5.41, 5.74) is 0.857. The van der Waals surface area contributed by atoms with Crippen LogP contribution in [0.25, 0.3) is 0 Å². The number of hydrogen-bond donors (Lipinski definition) is 1. The van der Waals surface area contributed by atoms with Gasteiger partial charge in [0.1, 0.15) is 5.82 Å². The monoisotopic (exact) mass is 277 g/mol. The zero-order chi connectivity index (χ0) is 10.1. The van der Waals surface area contributed by atoms with Gasteiger partial charge in [0, 0.05) is 10.5 Å². The lowest BCUT2D eigenvalue weighted by Crippen LogP contribution is -2.13. The molecule has 1 aromatic rings. The maximum atomic E-state index is 13.3. The van der Waals surface area contributed by atoms with Gasteiger partial charge in [0.2, 0.25) is 0 Å². The van der Waals surface area contributed by atoms with Crippen LogP contribution in [0.3, 0.4) is 0 Å². The van der Waals surface area contributed by atoms with Crippen molar-refractivity contribution < 1.29 is 4.39 Å². The molecule has 1 fully saturated rings. The summed E-state index contributed by atoms with van der Waals surface area (Å²) in [7, 11) is 0. The summed E-state index contributed by atoms with van der Waals surface area (Å²) in [5, 5.41) is 3.54. The summed E-state index contributed by atoms with van der Waals surface area (Å²) in [6, 6.07) is 3.48. The third kappa shape index (κ3) is 1.95. The van der Waals surface area contributed by atoms with Gasteiger partial charge >= 0.3 is 0 Å². The highest BCUT2D eigenvalue weighted by atomic mass is 79.9. The quantitative estimate of drug-likeness (QED) is 0.773. The Hall–Kier alpha value is -0.120. The van der Waals surface area contributed by atoms with Gasteiger partial charge in [0.25, 0.3) is 0 Å². The highest BCUT2D eigenvalue weighted by Gasteiger charge is 2.20. The molecule has 1 aliphatic rings. The molecule has 1 unspecified atom stereocenters. The van der Waals surface area contributed by atoms with Gasteiger partial charge in [-0.05, 0) is 37.1 Å². The van der Waals surface area contributed by atoms with Crippen LogP contribution in [-0.4, -0.2) is 6.54 Å². The molecule has 0 amide bonds. The standard InChI is InChI=1S/C10H10BrClFN/c11-6-4-7(9-2-1-3-14-9)10(12)8(13)5-6/h4-5,9,14H,1-3H2. The second-order valence-corrected chi connectivity index (χ2v) is 4.73. The molecule has 1 aromatic carbocycles. The van der Waals surface area contributed by atoms with Crippen LogP contribution in [0, 0.1) is 5.82 Å². The average molecular weight is 279 g/mol. The van der Waals surface area contributed by atoms with Gasteiger partial charge in [-0.25, -0.2) is 4.39 Å². The Morgan fingerprint density at radius 1 is 1.50 bits per heavy atom. The highest BCUT2D eigenvalue weighted by Crippen LogP contribution is 2.33. The molecular weight excluding hydrogens is 268 g/mol. The van der Waals surface area contributed by atoms with Crippen molar-refractivity contribution in [1.29, 1.82) is 0 Å². The smallest absolute Gasteiger partial charge is 0.143 e. The van der Waals surface area contributed by atoms with E-state index >= 15 is 0 Å². The minimum absolute atomic E-state index is 0.203. The molecule has 1 nitrogen and oxygen atoms in total. The van der Waals surface area contributed by atoms with Crippen LogP contribution >= 0.6 is 27.5 Å². The Morgan fingerprint density at radius 3 is 2.93 bits per heavy atom. The van der Waals surface area contributed by atoms with E-state index in [9.17, 15) is 4.39 Å². The zero-order valence-corrected chi connectivity index (χ0v) is 9.83. The average Bonchev–Trinajstić information content (AvgIpc) is 2.63. The summed E-state index contributed by atoms with van der Waals surface area (Å²) in [6.45, 7) is 0.981. The third-order valence-corrected chi connectivity index (χ3v) is 3.31. The fourth-order valence-electron chi connectivity index (χ4n) is 1.78. The second-order valence-electron chi connectivity index (χ2n) is 3.44. The van der Waals surface area contributed by atoms with Gasteiger partial charge in [0.15, 0.2) is 0 Å². The summed E-state index contributed by atoms with van der Waals surface area (Å²) in [6.07, 6.45) is 2.14. The fraction of sp³-hybridized carbons (Fsp3) is 0.400. The molecule has 76 valence electrons. The first-order valence-corrected chi connectivity index (χ1v) is 5.73. The SMILES string of the molecule is Fc1cc(Br)cc(C2CCCN2)c1Cl. The van der Waals surface area contributed by atoms with Crippen LogP contribution in [0.2, 0.25) is 5.02 Å². The van der Waals surface area contributed by atoms with E-state index < -0.39 is 0 Å². The van der Waals surface area contributed by atoms with Crippen molar-refractivity contribution in [1.82, 2.24) is 5.32 Å². The van der Waals surface area contributed by atoms with Crippen molar-refractivity contribution in [2.24, 2.45) is 0 Å². The van der Waals surface area contributed by atoms with Crippen LogP contribution in [0.1, 0.15) is 24.4 Å². The summed E-state index contributed by atoms with van der Waals surface area (Å²) >= 11 is 9.18. The first kappa shape index (κ1) is 10.4. The van der Waals surface area contributed by atoms with Crippen molar-refractivity contribution in [3.8, 4) is 0 Å². The first-order valence-electron chi connectivity index (χ1n) is 4.56. The van der Waals surface area contributed by atoms with Gasteiger partial charge < -0.3 is 5.32 Å². The third-order valence-electron chi connectivity index (χ3n) is 2.46. The van der Waals surface area contributed by atoms with E-state index in [4.69, 9.17) is 11.6 Å². The number of nitrogens with one attached hydrogen (secondary N) is 1.